The zero-order chi connectivity index (χ0) is 10.7. The van der Waals surface area contributed by atoms with E-state index >= 15 is 0 Å². The molecule has 0 spiro atoms. The van der Waals surface area contributed by atoms with Crippen molar-refractivity contribution in [1.82, 2.24) is 0 Å². The second-order valence-electron chi connectivity index (χ2n) is 6.19. The summed E-state index contributed by atoms with van der Waals surface area (Å²) in [5.41, 5.74) is 0. The summed E-state index contributed by atoms with van der Waals surface area (Å²) in [5, 5.41) is 0. The summed E-state index contributed by atoms with van der Waals surface area (Å²) < 4.78 is 0. The van der Waals surface area contributed by atoms with Crippen molar-refractivity contribution < 1.29 is 0 Å². The summed E-state index contributed by atoms with van der Waals surface area (Å²) in [4.78, 5) is 0. The molecule has 2 fully saturated rings. The SMILES string of the molecule is CCCC1CC(C)CC1C1CCCCC1. The summed E-state index contributed by atoms with van der Waals surface area (Å²) in [6.07, 6.45) is 13.7. The van der Waals surface area contributed by atoms with Crippen molar-refractivity contribution in [3.63, 3.8) is 0 Å². The van der Waals surface area contributed by atoms with Crippen molar-refractivity contribution in [3.05, 3.63) is 0 Å². The van der Waals surface area contributed by atoms with Crippen LogP contribution < -0.4 is 0 Å². The van der Waals surface area contributed by atoms with Crippen LogP contribution in [0.5, 0.6) is 0 Å². The summed E-state index contributed by atoms with van der Waals surface area (Å²) in [6.45, 7) is 4.84. The average Bonchev–Trinajstić information content (AvgIpc) is 2.62. The van der Waals surface area contributed by atoms with Gasteiger partial charge in [-0.25, -0.2) is 0 Å². The molecule has 3 atom stereocenters. The normalized spacial score (nSPS) is 38.4. The van der Waals surface area contributed by atoms with Gasteiger partial charge < -0.3 is 0 Å². The quantitative estimate of drug-likeness (QED) is 0.610. The predicted octanol–water partition coefficient (Wildman–Crippen LogP) is 5.03. The van der Waals surface area contributed by atoms with Gasteiger partial charge in [-0.3, -0.25) is 0 Å². The van der Waals surface area contributed by atoms with E-state index in [0.29, 0.717) is 0 Å². The van der Waals surface area contributed by atoms with Gasteiger partial charge in [0.2, 0.25) is 0 Å². The van der Waals surface area contributed by atoms with Gasteiger partial charge in [0.15, 0.2) is 0 Å². The fourth-order valence-corrected chi connectivity index (χ4v) is 4.29. The molecule has 0 heteroatoms. The second-order valence-corrected chi connectivity index (χ2v) is 6.19. The Hall–Kier alpha value is 0. The maximum absolute atomic E-state index is 2.48. The fourth-order valence-electron chi connectivity index (χ4n) is 4.29. The molecule has 0 nitrogen and oxygen atoms in total. The lowest BCUT2D eigenvalue weighted by atomic mass is 9.74. The molecule has 0 saturated heterocycles. The van der Waals surface area contributed by atoms with E-state index in [1.807, 2.05) is 0 Å². The topological polar surface area (TPSA) is 0 Å². The molecule has 0 bridgehead atoms. The molecule has 0 aliphatic heterocycles. The van der Waals surface area contributed by atoms with Crippen LogP contribution in [0.3, 0.4) is 0 Å². The van der Waals surface area contributed by atoms with Crippen LogP contribution in [0.25, 0.3) is 0 Å². The van der Waals surface area contributed by atoms with Crippen molar-refractivity contribution in [1.29, 1.82) is 0 Å². The molecule has 0 aromatic rings. The van der Waals surface area contributed by atoms with Gasteiger partial charge in [0.05, 0.1) is 0 Å². The first-order valence-electron chi connectivity index (χ1n) is 7.31. The molecular weight excluding hydrogens is 180 g/mol. The molecular formula is C15H28. The Morgan fingerprint density at radius 3 is 2.40 bits per heavy atom. The minimum atomic E-state index is 1.02. The molecule has 0 radical (unpaired) electrons. The van der Waals surface area contributed by atoms with Gasteiger partial charge in [-0.1, -0.05) is 58.8 Å². The van der Waals surface area contributed by atoms with Crippen LogP contribution in [-0.4, -0.2) is 0 Å². The van der Waals surface area contributed by atoms with Gasteiger partial charge in [-0.2, -0.15) is 0 Å². The Bertz CT molecular complexity index is 174. The molecule has 0 N–H and O–H groups in total. The molecule has 2 aliphatic rings. The molecule has 0 amide bonds. The highest BCUT2D eigenvalue weighted by Gasteiger charge is 2.36. The van der Waals surface area contributed by atoms with E-state index < -0.39 is 0 Å². The van der Waals surface area contributed by atoms with E-state index in [-0.39, 0.29) is 0 Å². The molecule has 2 aliphatic carbocycles. The predicted molar refractivity (Wildman–Crippen MR) is 66.9 cm³/mol. The van der Waals surface area contributed by atoms with E-state index in [4.69, 9.17) is 0 Å². The zero-order valence-corrected chi connectivity index (χ0v) is 10.7. The molecule has 2 saturated carbocycles. The number of hydrogen-bond acceptors (Lipinski definition) is 0. The minimum absolute atomic E-state index is 1.02. The molecule has 0 aromatic heterocycles. The largest absolute Gasteiger partial charge is 0.0654 e. The summed E-state index contributed by atoms with van der Waals surface area (Å²) in [5.74, 6) is 4.34. The van der Waals surface area contributed by atoms with Crippen molar-refractivity contribution in [2.24, 2.45) is 23.7 Å². The Kier molecular flexibility index (Phi) is 4.11. The highest BCUT2D eigenvalue weighted by Crippen LogP contribution is 2.46. The van der Waals surface area contributed by atoms with Gasteiger partial charge in [0.25, 0.3) is 0 Å². The maximum Gasteiger partial charge on any atom is -0.0355 e. The number of rotatable bonds is 3. The Morgan fingerprint density at radius 1 is 1.00 bits per heavy atom. The van der Waals surface area contributed by atoms with Gasteiger partial charge in [0, 0.05) is 0 Å². The molecule has 88 valence electrons. The van der Waals surface area contributed by atoms with E-state index in [9.17, 15) is 0 Å². The van der Waals surface area contributed by atoms with Gasteiger partial charge >= 0.3 is 0 Å². The highest BCUT2D eigenvalue weighted by molar-refractivity contribution is 4.86. The lowest BCUT2D eigenvalue weighted by Crippen LogP contribution is -2.21. The van der Waals surface area contributed by atoms with Crippen LogP contribution in [0.4, 0.5) is 0 Å². The third-order valence-corrected chi connectivity index (χ3v) is 4.90. The Labute approximate surface area is 95.8 Å². The molecule has 0 heterocycles. The monoisotopic (exact) mass is 208 g/mol. The maximum atomic E-state index is 2.48. The number of hydrogen-bond donors (Lipinski definition) is 0. The summed E-state index contributed by atoms with van der Waals surface area (Å²) in [7, 11) is 0. The summed E-state index contributed by atoms with van der Waals surface area (Å²) in [6, 6.07) is 0. The Morgan fingerprint density at radius 2 is 1.73 bits per heavy atom. The second kappa shape index (κ2) is 5.37. The first-order chi connectivity index (χ1) is 7.31. The van der Waals surface area contributed by atoms with E-state index in [1.54, 1.807) is 19.3 Å². The van der Waals surface area contributed by atoms with E-state index in [2.05, 4.69) is 13.8 Å². The van der Waals surface area contributed by atoms with Crippen LogP contribution >= 0.6 is 0 Å². The van der Waals surface area contributed by atoms with Crippen LogP contribution in [-0.2, 0) is 0 Å². The first kappa shape index (κ1) is 11.5. The Balaban J connectivity index is 1.92. The zero-order valence-electron chi connectivity index (χ0n) is 10.7. The van der Waals surface area contributed by atoms with Crippen molar-refractivity contribution in [3.8, 4) is 0 Å². The summed E-state index contributed by atoms with van der Waals surface area (Å²) >= 11 is 0. The van der Waals surface area contributed by atoms with Crippen molar-refractivity contribution in [2.45, 2.75) is 71.6 Å². The highest BCUT2D eigenvalue weighted by atomic mass is 14.4. The lowest BCUT2D eigenvalue weighted by molar-refractivity contribution is 0.194. The molecule has 2 rings (SSSR count). The average molecular weight is 208 g/mol. The molecule has 3 unspecified atom stereocenters. The third-order valence-electron chi connectivity index (χ3n) is 4.90. The van der Waals surface area contributed by atoms with Crippen LogP contribution in [0, 0.1) is 23.7 Å². The smallest absolute Gasteiger partial charge is 0.0355 e. The first-order valence-corrected chi connectivity index (χ1v) is 7.31. The van der Waals surface area contributed by atoms with Gasteiger partial charge in [-0.05, 0) is 36.5 Å². The molecule has 15 heavy (non-hydrogen) atoms. The standard InChI is InChI=1S/C15H28/c1-3-7-14-10-12(2)11-15(14)13-8-5-4-6-9-13/h12-15H,3-11H2,1-2H3. The van der Waals surface area contributed by atoms with Crippen LogP contribution in [0.1, 0.15) is 71.6 Å². The van der Waals surface area contributed by atoms with E-state index in [0.717, 1.165) is 23.7 Å². The van der Waals surface area contributed by atoms with E-state index in [1.165, 1.54) is 38.5 Å². The molecule has 0 aromatic carbocycles. The van der Waals surface area contributed by atoms with Gasteiger partial charge in [-0.15, -0.1) is 0 Å². The van der Waals surface area contributed by atoms with Crippen molar-refractivity contribution in [2.75, 3.05) is 0 Å². The van der Waals surface area contributed by atoms with Crippen LogP contribution in [0.2, 0.25) is 0 Å². The van der Waals surface area contributed by atoms with Crippen LogP contribution in [0.15, 0.2) is 0 Å². The minimum Gasteiger partial charge on any atom is -0.0654 e. The third kappa shape index (κ3) is 2.77. The fraction of sp³-hybridized carbons (Fsp3) is 1.00. The van der Waals surface area contributed by atoms with Gasteiger partial charge in [0.1, 0.15) is 0 Å². The van der Waals surface area contributed by atoms with Crippen molar-refractivity contribution >= 4 is 0 Å². The lowest BCUT2D eigenvalue weighted by Gasteiger charge is -2.31.